The summed E-state index contributed by atoms with van der Waals surface area (Å²) in [6.07, 6.45) is 1.03. The van der Waals surface area contributed by atoms with Crippen LogP contribution in [0.5, 0.6) is 0 Å². The number of aryl methyl sites for hydroxylation is 1. The highest BCUT2D eigenvalue weighted by molar-refractivity contribution is 6.49. The fourth-order valence-electron chi connectivity index (χ4n) is 4.15. The minimum Gasteiger partial charge on any atom is -0.325 e. The van der Waals surface area contributed by atoms with Crippen LogP contribution in [0.4, 0.5) is 5.69 Å². The van der Waals surface area contributed by atoms with Crippen molar-refractivity contribution in [2.75, 3.05) is 5.32 Å². The third kappa shape index (κ3) is 1.50. The maximum atomic E-state index is 12.9. The molecule has 0 saturated heterocycles. The summed E-state index contributed by atoms with van der Waals surface area (Å²) in [5.41, 5.74) is -0.875. The van der Waals surface area contributed by atoms with E-state index in [-0.39, 0.29) is 11.7 Å². The number of carbonyl (C=O) groups excluding carboxylic acids is 3. The van der Waals surface area contributed by atoms with Crippen LogP contribution in [0, 0.1) is 23.2 Å². The maximum Gasteiger partial charge on any atom is 0.239 e. The van der Waals surface area contributed by atoms with Crippen molar-refractivity contribution in [3.05, 3.63) is 29.8 Å². The molecule has 2 saturated carbocycles. The first-order valence-corrected chi connectivity index (χ1v) is 7.64. The first kappa shape index (κ1) is 14.9. The number of amides is 1. The van der Waals surface area contributed by atoms with Gasteiger partial charge in [-0.15, -0.1) is 0 Å². The Morgan fingerprint density at radius 1 is 1.00 bits per heavy atom. The summed E-state index contributed by atoms with van der Waals surface area (Å²) in [6, 6.07) is 7.43. The first-order valence-electron chi connectivity index (χ1n) is 7.64. The van der Waals surface area contributed by atoms with E-state index in [1.54, 1.807) is 0 Å². The van der Waals surface area contributed by atoms with Gasteiger partial charge in [0.15, 0.2) is 0 Å². The number of benzene rings is 1. The Labute approximate surface area is 130 Å². The standard InChI is InChI=1S/C18H21NO3/c1-11-5-7-12(8-6-11)19-15(22)18-10-9-17(4,16(18,2)3)13(20)14(18)21/h5-8H,9-10H2,1-4H3,(H,19,22). The van der Waals surface area contributed by atoms with Crippen LogP contribution in [0.15, 0.2) is 24.3 Å². The van der Waals surface area contributed by atoms with E-state index in [0.717, 1.165) is 5.56 Å². The van der Waals surface area contributed by atoms with Crippen molar-refractivity contribution in [1.29, 1.82) is 0 Å². The molecule has 2 atom stereocenters. The number of Topliss-reactive ketones (excluding diaryl/α,β-unsaturated/α-hetero) is 2. The lowest BCUT2D eigenvalue weighted by molar-refractivity contribution is -0.147. The van der Waals surface area contributed by atoms with Crippen molar-refractivity contribution in [2.24, 2.45) is 16.2 Å². The Morgan fingerprint density at radius 2 is 1.59 bits per heavy atom. The highest BCUT2D eigenvalue weighted by Crippen LogP contribution is 2.69. The van der Waals surface area contributed by atoms with Crippen LogP contribution in [-0.4, -0.2) is 17.5 Å². The van der Waals surface area contributed by atoms with Crippen LogP contribution in [0.25, 0.3) is 0 Å². The number of anilines is 1. The van der Waals surface area contributed by atoms with Crippen molar-refractivity contribution in [3.8, 4) is 0 Å². The number of nitrogens with one attached hydrogen (secondary N) is 1. The molecule has 2 fully saturated rings. The van der Waals surface area contributed by atoms with Gasteiger partial charge < -0.3 is 5.32 Å². The van der Waals surface area contributed by atoms with Crippen LogP contribution in [-0.2, 0) is 14.4 Å². The quantitative estimate of drug-likeness (QED) is 0.674. The molecule has 0 aromatic heterocycles. The Balaban J connectivity index is 1.99. The molecular formula is C18H21NO3. The van der Waals surface area contributed by atoms with Gasteiger partial charge in [-0.1, -0.05) is 38.5 Å². The Hall–Kier alpha value is -1.97. The lowest BCUT2D eigenvalue weighted by Gasteiger charge is -2.37. The van der Waals surface area contributed by atoms with E-state index in [1.165, 1.54) is 0 Å². The molecule has 0 heterocycles. The zero-order valence-corrected chi connectivity index (χ0v) is 13.4. The molecule has 1 aromatic carbocycles. The Morgan fingerprint density at radius 3 is 2.09 bits per heavy atom. The molecule has 2 aliphatic rings. The molecule has 4 heteroatoms. The van der Waals surface area contributed by atoms with Gasteiger partial charge >= 0.3 is 0 Å². The highest BCUT2D eigenvalue weighted by Gasteiger charge is 2.77. The van der Waals surface area contributed by atoms with Gasteiger partial charge in [0.1, 0.15) is 5.41 Å². The van der Waals surface area contributed by atoms with E-state index >= 15 is 0 Å². The summed E-state index contributed by atoms with van der Waals surface area (Å²) in [5.74, 6) is -1.25. The fraction of sp³-hybridized carbons (Fsp3) is 0.500. The fourth-order valence-corrected chi connectivity index (χ4v) is 4.15. The number of hydrogen-bond donors (Lipinski definition) is 1. The summed E-state index contributed by atoms with van der Waals surface area (Å²) in [4.78, 5) is 37.9. The van der Waals surface area contributed by atoms with Gasteiger partial charge in [-0.2, -0.15) is 0 Å². The van der Waals surface area contributed by atoms with Gasteiger partial charge in [-0.3, -0.25) is 14.4 Å². The predicted octanol–water partition coefficient (Wildman–Crippen LogP) is 2.90. The number of hydrogen-bond acceptors (Lipinski definition) is 3. The minimum absolute atomic E-state index is 0.346. The molecule has 3 rings (SSSR count). The van der Waals surface area contributed by atoms with Crippen molar-refractivity contribution in [2.45, 2.75) is 40.5 Å². The van der Waals surface area contributed by atoms with Gasteiger partial charge in [-0.05, 0) is 37.3 Å². The van der Waals surface area contributed by atoms with Crippen molar-refractivity contribution in [3.63, 3.8) is 0 Å². The van der Waals surface area contributed by atoms with E-state index in [2.05, 4.69) is 5.32 Å². The molecule has 0 aliphatic heterocycles. The SMILES string of the molecule is Cc1ccc(NC(=O)C23CCC(C)(C(=O)C2=O)C3(C)C)cc1. The van der Waals surface area contributed by atoms with Crippen LogP contribution >= 0.6 is 0 Å². The number of fused-ring (bicyclic) bond motifs is 2. The second kappa shape index (κ2) is 4.28. The van der Waals surface area contributed by atoms with E-state index in [1.807, 2.05) is 52.0 Å². The second-order valence-electron chi connectivity index (χ2n) is 7.34. The van der Waals surface area contributed by atoms with E-state index in [0.29, 0.717) is 18.5 Å². The van der Waals surface area contributed by atoms with Gasteiger partial charge in [-0.25, -0.2) is 0 Å². The largest absolute Gasteiger partial charge is 0.325 e. The van der Waals surface area contributed by atoms with Gasteiger partial charge in [0.2, 0.25) is 17.5 Å². The number of rotatable bonds is 2. The van der Waals surface area contributed by atoms with Crippen molar-refractivity contribution >= 4 is 23.2 Å². The lowest BCUT2D eigenvalue weighted by atomic mass is 9.64. The molecule has 1 N–H and O–H groups in total. The van der Waals surface area contributed by atoms with Gasteiger partial charge in [0.25, 0.3) is 0 Å². The average molecular weight is 299 g/mol. The molecule has 1 amide bonds. The summed E-state index contributed by atoms with van der Waals surface area (Å²) in [6.45, 7) is 7.53. The highest BCUT2D eigenvalue weighted by atomic mass is 16.2. The number of carbonyl (C=O) groups is 3. The molecule has 116 valence electrons. The predicted molar refractivity (Wildman–Crippen MR) is 83.4 cm³/mol. The summed E-state index contributed by atoms with van der Waals surface area (Å²) in [7, 11) is 0. The molecule has 4 nitrogen and oxygen atoms in total. The summed E-state index contributed by atoms with van der Waals surface area (Å²) >= 11 is 0. The molecule has 0 radical (unpaired) electrons. The Kier molecular flexibility index (Phi) is 2.91. The summed E-state index contributed by atoms with van der Waals surface area (Å²) in [5, 5.41) is 2.84. The smallest absolute Gasteiger partial charge is 0.239 e. The van der Waals surface area contributed by atoms with E-state index in [9.17, 15) is 14.4 Å². The van der Waals surface area contributed by atoms with E-state index < -0.39 is 22.0 Å². The monoisotopic (exact) mass is 299 g/mol. The average Bonchev–Trinajstić information content (AvgIpc) is 2.74. The van der Waals surface area contributed by atoms with E-state index in [4.69, 9.17) is 0 Å². The molecule has 0 spiro atoms. The maximum absolute atomic E-state index is 12.9. The van der Waals surface area contributed by atoms with Gasteiger partial charge in [0, 0.05) is 11.1 Å². The van der Waals surface area contributed by atoms with Crippen molar-refractivity contribution in [1.82, 2.24) is 0 Å². The Bertz CT molecular complexity index is 689. The third-order valence-corrected chi connectivity index (χ3v) is 6.24. The minimum atomic E-state index is -1.23. The molecule has 22 heavy (non-hydrogen) atoms. The number of ketones is 2. The van der Waals surface area contributed by atoms with Crippen LogP contribution in [0.3, 0.4) is 0 Å². The molecule has 2 aliphatic carbocycles. The van der Waals surface area contributed by atoms with Crippen LogP contribution < -0.4 is 5.32 Å². The molecule has 1 aromatic rings. The topological polar surface area (TPSA) is 63.2 Å². The second-order valence-corrected chi connectivity index (χ2v) is 7.34. The van der Waals surface area contributed by atoms with Crippen LogP contribution in [0.2, 0.25) is 0 Å². The molecule has 2 unspecified atom stereocenters. The molecule has 2 bridgehead atoms. The van der Waals surface area contributed by atoms with Crippen molar-refractivity contribution < 1.29 is 14.4 Å². The lowest BCUT2D eigenvalue weighted by Crippen LogP contribution is -2.47. The molecular weight excluding hydrogens is 278 g/mol. The van der Waals surface area contributed by atoms with Gasteiger partial charge in [0.05, 0.1) is 0 Å². The summed E-state index contributed by atoms with van der Waals surface area (Å²) < 4.78 is 0. The zero-order valence-electron chi connectivity index (χ0n) is 13.4. The zero-order chi connectivity index (χ0) is 16.3. The first-order chi connectivity index (χ1) is 10.2. The van der Waals surface area contributed by atoms with Crippen LogP contribution in [0.1, 0.15) is 39.2 Å². The normalized spacial score (nSPS) is 32.4. The third-order valence-electron chi connectivity index (χ3n) is 6.24.